The monoisotopic (exact) mass is 848 g/mol. The first-order valence-corrected chi connectivity index (χ1v) is 25.1. The number of esters is 1. The molecule has 0 heterocycles. The van der Waals surface area contributed by atoms with E-state index in [1.165, 1.54) is 70.6 Å². The summed E-state index contributed by atoms with van der Waals surface area (Å²) in [4.78, 5) is 26.1. The van der Waals surface area contributed by atoms with Gasteiger partial charge in [-0.1, -0.05) is 234 Å². The molecular weight excluding hydrogens is 755 g/mol. The van der Waals surface area contributed by atoms with Crippen molar-refractivity contribution in [3.8, 4) is 0 Å². The number of carbonyl (C=O) groups excluding carboxylic acids is 2. The standard InChI is InChI=1S/C55H93NO5/c1-4-7-10-13-16-19-22-25-27-30-33-36-39-42-45-48-55(60)61-51(46-43-40-37-34-31-28-24-21-18-15-12-9-6-3)49-54(59)56-52(50-57)53(58)47-44-41-38-35-32-29-26-23-20-17-14-11-8-5-2/h7,9-10,12-13,15-16,18-19,21-22,24-25,27-28,31,51-53,57-58H,4-6,8,11,14,17,20,23,26,29-30,32-50H2,1-3H3,(H,56,59)/b10-7+,12-9+,16-13+,18-15+,22-19+,24-21+,27-25-,31-28-. The molecule has 0 bridgehead atoms. The Balaban J connectivity index is 4.69. The van der Waals surface area contributed by atoms with Crippen LogP contribution in [-0.2, 0) is 14.3 Å². The van der Waals surface area contributed by atoms with Crippen LogP contribution in [0.5, 0.6) is 0 Å². The Hall–Kier alpha value is -3.22. The van der Waals surface area contributed by atoms with Crippen LogP contribution >= 0.6 is 0 Å². The maximum absolute atomic E-state index is 13.2. The number of hydrogen-bond donors (Lipinski definition) is 3. The number of carbonyl (C=O) groups is 2. The van der Waals surface area contributed by atoms with Gasteiger partial charge in [0.2, 0.25) is 5.91 Å². The van der Waals surface area contributed by atoms with Crippen molar-refractivity contribution in [1.82, 2.24) is 5.32 Å². The molecule has 1 amide bonds. The zero-order valence-corrected chi connectivity index (χ0v) is 39.5. The van der Waals surface area contributed by atoms with Crippen molar-refractivity contribution >= 4 is 11.9 Å². The van der Waals surface area contributed by atoms with E-state index < -0.39 is 18.2 Å². The van der Waals surface area contributed by atoms with Gasteiger partial charge < -0.3 is 20.3 Å². The predicted octanol–water partition coefficient (Wildman–Crippen LogP) is 14.9. The van der Waals surface area contributed by atoms with E-state index >= 15 is 0 Å². The quantitative estimate of drug-likeness (QED) is 0.0323. The van der Waals surface area contributed by atoms with Gasteiger partial charge in [-0.3, -0.25) is 9.59 Å². The Labute approximate surface area is 376 Å². The van der Waals surface area contributed by atoms with Gasteiger partial charge >= 0.3 is 5.97 Å². The lowest BCUT2D eigenvalue weighted by Gasteiger charge is -2.24. The number of nitrogens with one attached hydrogen (secondary N) is 1. The molecule has 0 aliphatic carbocycles. The fourth-order valence-corrected chi connectivity index (χ4v) is 7.10. The lowest BCUT2D eigenvalue weighted by Crippen LogP contribution is -2.46. The van der Waals surface area contributed by atoms with E-state index in [1.54, 1.807) is 0 Å². The molecule has 348 valence electrons. The number of aliphatic hydroxyl groups excluding tert-OH is 2. The van der Waals surface area contributed by atoms with Crippen molar-refractivity contribution in [2.24, 2.45) is 0 Å². The minimum absolute atomic E-state index is 0.0361. The lowest BCUT2D eigenvalue weighted by atomic mass is 10.0. The summed E-state index contributed by atoms with van der Waals surface area (Å²) < 4.78 is 5.90. The normalized spacial score (nSPS) is 14.1. The number of aliphatic hydroxyl groups is 2. The molecule has 0 aromatic carbocycles. The van der Waals surface area contributed by atoms with Crippen LogP contribution < -0.4 is 5.32 Å². The van der Waals surface area contributed by atoms with Crippen molar-refractivity contribution in [1.29, 1.82) is 0 Å². The number of allylic oxidation sites excluding steroid dienone is 16. The van der Waals surface area contributed by atoms with Gasteiger partial charge in [-0.05, 0) is 64.2 Å². The van der Waals surface area contributed by atoms with E-state index in [1.807, 2.05) is 48.6 Å². The first-order valence-electron chi connectivity index (χ1n) is 25.1. The van der Waals surface area contributed by atoms with Crippen molar-refractivity contribution in [2.45, 2.75) is 232 Å². The molecule has 0 aliphatic rings. The van der Waals surface area contributed by atoms with Gasteiger partial charge in [0.25, 0.3) is 0 Å². The number of hydrogen-bond acceptors (Lipinski definition) is 5. The molecule has 0 saturated heterocycles. The number of amides is 1. The SMILES string of the molecule is CC/C=C/C=C/C=C/C=C\CCCCCCCC(=O)OC(CCCCC\C=C/C=C/C=C/C=C/CC)CC(=O)NC(CO)C(O)CCCCCCCCCCCCCCCC. The molecular formula is C55H93NO5. The Kier molecular flexibility index (Phi) is 45.3. The molecule has 0 aliphatic heterocycles. The summed E-state index contributed by atoms with van der Waals surface area (Å²) in [6, 6.07) is -0.725. The molecule has 0 radical (unpaired) electrons. The largest absolute Gasteiger partial charge is 0.462 e. The summed E-state index contributed by atoms with van der Waals surface area (Å²) in [5.74, 6) is -0.548. The van der Waals surface area contributed by atoms with Crippen LogP contribution in [0.4, 0.5) is 0 Å². The van der Waals surface area contributed by atoms with E-state index in [0.29, 0.717) is 19.3 Å². The Morgan fingerprint density at radius 2 is 0.885 bits per heavy atom. The minimum atomic E-state index is -0.808. The number of rotatable bonds is 43. The van der Waals surface area contributed by atoms with Gasteiger partial charge in [0.1, 0.15) is 6.10 Å². The zero-order chi connectivity index (χ0) is 44.5. The summed E-state index contributed by atoms with van der Waals surface area (Å²) in [5, 5.41) is 23.7. The van der Waals surface area contributed by atoms with Gasteiger partial charge in [-0.25, -0.2) is 0 Å². The molecule has 6 heteroatoms. The molecule has 3 unspecified atom stereocenters. The van der Waals surface area contributed by atoms with Gasteiger partial charge in [0, 0.05) is 6.42 Å². The van der Waals surface area contributed by atoms with Gasteiger partial charge in [-0.2, -0.15) is 0 Å². The maximum Gasteiger partial charge on any atom is 0.306 e. The second kappa shape index (κ2) is 47.8. The van der Waals surface area contributed by atoms with Crippen molar-refractivity contribution in [3.05, 3.63) is 97.2 Å². The molecule has 0 rings (SSSR count). The minimum Gasteiger partial charge on any atom is -0.462 e. The maximum atomic E-state index is 13.2. The third-order valence-corrected chi connectivity index (χ3v) is 10.8. The van der Waals surface area contributed by atoms with Crippen LogP contribution in [0.15, 0.2) is 97.2 Å². The van der Waals surface area contributed by atoms with E-state index in [4.69, 9.17) is 4.74 Å². The molecule has 0 saturated carbocycles. The third-order valence-electron chi connectivity index (χ3n) is 10.8. The summed E-state index contributed by atoms with van der Waals surface area (Å²) in [6.07, 6.45) is 63.2. The highest BCUT2D eigenvalue weighted by Crippen LogP contribution is 2.17. The lowest BCUT2D eigenvalue weighted by molar-refractivity contribution is -0.151. The fourth-order valence-electron chi connectivity index (χ4n) is 7.10. The van der Waals surface area contributed by atoms with Gasteiger partial charge in [-0.15, -0.1) is 0 Å². The topological polar surface area (TPSA) is 95.9 Å². The average Bonchev–Trinajstić information content (AvgIpc) is 3.25. The second-order valence-electron chi connectivity index (χ2n) is 16.6. The van der Waals surface area contributed by atoms with Gasteiger partial charge in [0.05, 0.1) is 25.2 Å². The van der Waals surface area contributed by atoms with Crippen molar-refractivity contribution in [2.75, 3.05) is 6.61 Å². The van der Waals surface area contributed by atoms with Crippen LogP contribution in [0.1, 0.15) is 213 Å². The summed E-state index contributed by atoms with van der Waals surface area (Å²) in [7, 11) is 0. The van der Waals surface area contributed by atoms with E-state index in [2.05, 4.69) is 74.7 Å². The third kappa shape index (κ3) is 43.2. The first kappa shape index (κ1) is 57.8. The Morgan fingerprint density at radius 3 is 1.36 bits per heavy atom. The Bertz CT molecular complexity index is 1220. The molecule has 0 aromatic heterocycles. The fraction of sp³-hybridized carbons (Fsp3) is 0.673. The molecule has 0 aromatic rings. The van der Waals surface area contributed by atoms with Gasteiger partial charge in [0.15, 0.2) is 0 Å². The average molecular weight is 848 g/mol. The zero-order valence-electron chi connectivity index (χ0n) is 39.5. The Morgan fingerprint density at radius 1 is 0.492 bits per heavy atom. The highest BCUT2D eigenvalue weighted by atomic mass is 16.5. The number of unbranched alkanes of at least 4 members (excludes halogenated alkanes) is 21. The molecule has 3 N–H and O–H groups in total. The molecule has 0 spiro atoms. The van der Waals surface area contributed by atoms with E-state index in [0.717, 1.165) is 96.3 Å². The molecule has 6 nitrogen and oxygen atoms in total. The van der Waals surface area contributed by atoms with E-state index in [9.17, 15) is 19.8 Å². The van der Waals surface area contributed by atoms with Crippen molar-refractivity contribution < 1.29 is 24.5 Å². The van der Waals surface area contributed by atoms with Crippen molar-refractivity contribution in [3.63, 3.8) is 0 Å². The van der Waals surface area contributed by atoms with Crippen LogP contribution in [0.3, 0.4) is 0 Å². The summed E-state index contributed by atoms with van der Waals surface area (Å²) >= 11 is 0. The van der Waals surface area contributed by atoms with Crippen LogP contribution in [0, 0.1) is 0 Å². The predicted molar refractivity (Wildman–Crippen MR) is 264 cm³/mol. The molecule has 61 heavy (non-hydrogen) atoms. The van der Waals surface area contributed by atoms with Crippen LogP contribution in [0.2, 0.25) is 0 Å². The summed E-state index contributed by atoms with van der Waals surface area (Å²) in [6.45, 7) is 6.18. The highest BCUT2D eigenvalue weighted by molar-refractivity contribution is 5.77. The number of ether oxygens (including phenoxy) is 1. The molecule has 0 fully saturated rings. The molecule has 3 atom stereocenters. The smallest absolute Gasteiger partial charge is 0.306 e. The highest BCUT2D eigenvalue weighted by Gasteiger charge is 2.24. The van der Waals surface area contributed by atoms with E-state index in [-0.39, 0.29) is 24.9 Å². The second-order valence-corrected chi connectivity index (χ2v) is 16.6. The first-order chi connectivity index (χ1) is 30.0. The summed E-state index contributed by atoms with van der Waals surface area (Å²) in [5.41, 5.74) is 0. The van der Waals surface area contributed by atoms with Crippen LogP contribution in [-0.4, -0.2) is 46.9 Å². The van der Waals surface area contributed by atoms with Crippen LogP contribution in [0.25, 0.3) is 0 Å².